The molecule has 2 fully saturated rings. The van der Waals surface area contributed by atoms with E-state index in [9.17, 15) is 0 Å². The second-order valence-electron chi connectivity index (χ2n) is 5.47. The lowest BCUT2D eigenvalue weighted by Gasteiger charge is -2.22. The molecule has 4 nitrogen and oxygen atoms in total. The van der Waals surface area contributed by atoms with Crippen LogP contribution < -0.4 is 4.90 Å². The summed E-state index contributed by atoms with van der Waals surface area (Å²) in [5.41, 5.74) is 3.32. The van der Waals surface area contributed by atoms with Gasteiger partial charge in [-0.05, 0) is 31.7 Å². The highest BCUT2D eigenvalue weighted by Gasteiger charge is 2.24. The van der Waals surface area contributed by atoms with Crippen molar-refractivity contribution in [3.63, 3.8) is 0 Å². The Morgan fingerprint density at radius 3 is 2.72 bits per heavy atom. The van der Waals surface area contributed by atoms with Crippen molar-refractivity contribution in [1.29, 1.82) is 0 Å². The summed E-state index contributed by atoms with van der Waals surface area (Å²) in [5.74, 6) is 1.79. The molecule has 94 valence electrons. The lowest BCUT2D eigenvalue weighted by Crippen LogP contribution is -2.18. The van der Waals surface area contributed by atoms with Gasteiger partial charge in [0.1, 0.15) is 11.3 Å². The molecule has 1 saturated carbocycles. The molecule has 0 unspecified atom stereocenters. The fraction of sp³-hybridized carbons (Fsp3) is 0.571. The predicted octanol–water partition coefficient (Wildman–Crippen LogP) is 2.83. The van der Waals surface area contributed by atoms with E-state index in [-0.39, 0.29) is 0 Å². The molecule has 1 aliphatic carbocycles. The smallest absolute Gasteiger partial charge is 0.179 e. The van der Waals surface area contributed by atoms with Gasteiger partial charge in [-0.2, -0.15) is 0 Å². The second-order valence-corrected chi connectivity index (χ2v) is 5.47. The fourth-order valence-electron chi connectivity index (χ4n) is 3.01. The van der Waals surface area contributed by atoms with Crippen LogP contribution in [-0.4, -0.2) is 28.0 Å². The molecule has 1 N–H and O–H groups in total. The average Bonchev–Trinajstić information content (AvgIpc) is 2.94. The normalized spacial score (nSPS) is 20.6. The molecule has 1 aliphatic heterocycles. The van der Waals surface area contributed by atoms with Crippen molar-refractivity contribution in [2.24, 2.45) is 0 Å². The van der Waals surface area contributed by atoms with Crippen molar-refractivity contribution in [3.05, 3.63) is 18.1 Å². The number of anilines is 1. The third-order valence-corrected chi connectivity index (χ3v) is 4.33. The van der Waals surface area contributed by atoms with Crippen LogP contribution in [0.4, 0.5) is 5.69 Å². The van der Waals surface area contributed by atoms with Gasteiger partial charge in [-0.25, -0.2) is 9.97 Å². The number of aromatic amines is 1. The van der Waals surface area contributed by atoms with E-state index in [4.69, 9.17) is 0 Å². The number of fused-ring (bicyclic) bond motifs is 1. The van der Waals surface area contributed by atoms with Gasteiger partial charge in [-0.15, -0.1) is 0 Å². The van der Waals surface area contributed by atoms with Gasteiger partial charge < -0.3 is 9.88 Å². The van der Waals surface area contributed by atoms with Crippen LogP contribution in [0.1, 0.15) is 43.8 Å². The molecule has 2 aromatic rings. The number of nitrogens with one attached hydrogen (secondary N) is 1. The number of imidazole rings is 1. The van der Waals surface area contributed by atoms with Crippen LogP contribution in [0, 0.1) is 0 Å². The number of hydrogen-bond donors (Lipinski definition) is 1. The summed E-state index contributed by atoms with van der Waals surface area (Å²) in [7, 11) is 0. The minimum absolute atomic E-state index is 0.644. The average molecular weight is 242 g/mol. The monoisotopic (exact) mass is 242 g/mol. The van der Waals surface area contributed by atoms with Crippen LogP contribution in [0.3, 0.4) is 0 Å². The molecule has 4 heteroatoms. The maximum atomic E-state index is 4.67. The molecule has 0 radical (unpaired) electrons. The van der Waals surface area contributed by atoms with Crippen LogP contribution in [0.25, 0.3) is 11.2 Å². The van der Waals surface area contributed by atoms with Gasteiger partial charge in [-0.3, -0.25) is 0 Å². The standard InChI is InChI=1S/C14H18N4/c1-2-9-18(8-1)11-6-7-15-14-12(11)16-13(17-14)10-4-3-5-10/h6-7,10H,1-5,8-9H2,(H,15,16,17). The Labute approximate surface area is 106 Å². The molecule has 4 rings (SSSR count). The Hall–Kier alpha value is -1.58. The van der Waals surface area contributed by atoms with Crippen LogP contribution in [-0.2, 0) is 0 Å². The maximum absolute atomic E-state index is 4.67. The zero-order chi connectivity index (χ0) is 11.9. The lowest BCUT2D eigenvalue weighted by molar-refractivity contribution is 0.404. The first-order chi connectivity index (χ1) is 8.92. The first-order valence-electron chi connectivity index (χ1n) is 7.01. The highest BCUT2D eigenvalue weighted by molar-refractivity contribution is 5.86. The van der Waals surface area contributed by atoms with Crippen LogP contribution in [0.5, 0.6) is 0 Å². The van der Waals surface area contributed by atoms with Gasteiger partial charge in [0.15, 0.2) is 5.65 Å². The van der Waals surface area contributed by atoms with E-state index in [0.29, 0.717) is 5.92 Å². The largest absolute Gasteiger partial charge is 0.370 e. The van der Waals surface area contributed by atoms with Crippen LogP contribution in [0.15, 0.2) is 12.3 Å². The highest BCUT2D eigenvalue weighted by Crippen LogP contribution is 2.36. The number of aromatic nitrogens is 3. The summed E-state index contributed by atoms with van der Waals surface area (Å²) in [6.07, 6.45) is 8.38. The Morgan fingerprint density at radius 1 is 1.17 bits per heavy atom. The van der Waals surface area contributed by atoms with Gasteiger partial charge in [0.25, 0.3) is 0 Å². The Morgan fingerprint density at radius 2 is 2.00 bits per heavy atom. The van der Waals surface area contributed by atoms with Crippen molar-refractivity contribution >= 4 is 16.9 Å². The summed E-state index contributed by atoms with van der Waals surface area (Å²) in [5, 5.41) is 0. The molecule has 2 aromatic heterocycles. The molecule has 3 heterocycles. The molecule has 0 aromatic carbocycles. The molecular formula is C14H18N4. The van der Waals surface area contributed by atoms with E-state index in [0.717, 1.165) is 30.1 Å². The van der Waals surface area contributed by atoms with E-state index >= 15 is 0 Å². The summed E-state index contributed by atoms with van der Waals surface area (Å²) in [6.45, 7) is 2.33. The van der Waals surface area contributed by atoms with Crippen molar-refractivity contribution in [1.82, 2.24) is 15.0 Å². The van der Waals surface area contributed by atoms with Crippen molar-refractivity contribution in [2.75, 3.05) is 18.0 Å². The van der Waals surface area contributed by atoms with Gasteiger partial charge in [0.05, 0.1) is 5.69 Å². The summed E-state index contributed by atoms with van der Waals surface area (Å²) in [6, 6.07) is 2.12. The van der Waals surface area contributed by atoms with Gasteiger partial charge in [0.2, 0.25) is 0 Å². The summed E-state index contributed by atoms with van der Waals surface area (Å²) >= 11 is 0. The predicted molar refractivity (Wildman–Crippen MR) is 71.9 cm³/mol. The van der Waals surface area contributed by atoms with E-state index in [1.807, 2.05) is 6.20 Å². The number of hydrogen-bond acceptors (Lipinski definition) is 3. The number of rotatable bonds is 2. The fourth-order valence-corrected chi connectivity index (χ4v) is 3.01. The number of H-pyrrole nitrogens is 1. The maximum Gasteiger partial charge on any atom is 0.179 e. The van der Waals surface area contributed by atoms with Gasteiger partial charge in [0, 0.05) is 25.2 Å². The first kappa shape index (κ1) is 10.4. The summed E-state index contributed by atoms with van der Waals surface area (Å²) in [4.78, 5) is 15.1. The van der Waals surface area contributed by atoms with E-state index < -0.39 is 0 Å². The zero-order valence-corrected chi connectivity index (χ0v) is 10.5. The molecule has 2 aliphatic rings. The molecule has 0 amide bonds. The Kier molecular flexibility index (Phi) is 2.28. The quantitative estimate of drug-likeness (QED) is 0.880. The van der Waals surface area contributed by atoms with E-state index in [1.54, 1.807) is 0 Å². The second kappa shape index (κ2) is 3.97. The Balaban J connectivity index is 1.79. The SMILES string of the molecule is c1cc(N2CCCC2)c2[nH]c(C3CCC3)nc2n1. The lowest BCUT2D eigenvalue weighted by atomic mass is 9.85. The molecular weight excluding hydrogens is 224 g/mol. The topological polar surface area (TPSA) is 44.8 Å². The minimum atomic E-state index is 0.644. The summed E-state index contributed by atoms with van der Waals surface area (Å²) < 4.78 is 0. The van der Waals surface area contributed by atoms with Crippen LogP contribution in [0.2, 0.25) is 0 Å². The molecule has 1 saturated heterocycles. The highest BCUT2D eigenvalue weighted by atomic mass is 15.2. The minimum Gasteiger partial charge on any atom is -0.370 e. The first-order valence-corrected chi connectivity index (χ1v) is 7.01. The Bertz CT molecular complexity index is 564. The zero-order valence-electron chi connectivity index (χ0n) is 10.5. The molecule has 0 spiro atoms. The third-order valence-electron chi connectivity index (χ3n) is 4.33. The molecule has 0 bridgehead atoms. The van der Waals surface area contributed by atoms with E-state index in [2.05, 4.69) is 25.9 Å². The van der Waals surface area contributed by atoms with Crippen molar-refractivity contribution in [3.8, 4) is 0 Å². The van der Waals surface area contributed by atoms with Gasteiger partial charge >= 0.3 is 0 Å². The van der Waals surface area contributed by atoms with Crippen molar-refractivity contribution in [2.45, 2.75) is 38.0 Å². The third kappa shape index (κ3) is 1.51. The molecule has 0 atom stereocenters. The molecule has 18 heavy (non-hydrogen) atoms. The van der Waals surface area contributed by atoms with Crippen LogP contribution >= 0.6 is 0 Å². The van der Waals surface area contributed by atoms with Gasteiger partial charge in [-0.1, -0.05) is 6.42 Å². The number of pyridine rings is 1. The van der Waals surface area contributed by atoms with E-state index in [1.165, 1.54) is 37.8 Å². The number of nitrogens with zero attached hydrogens (tertiary/aromatic N) is 3. The van der Waals surface area contributed by atoms with Crippen molar-refractivity contribution < 1.29 is 0 Å².